The molecule has 0 heterocycles. The largest absolute Gasteiger partial charge is 0.507 e. The van der Waals surface area contributed by atoms with Crippen LogP contribution in [0.15, 0.2) is 18.2 Å². The molecule has 1 rings (SSSR count). The van der Waals surface area contributed by atoms with Crippen molar-refractivity contribution in [3.05, 3.63) is 27.3 Å². The number of hydrogen-bond acceptors (Lipinski definition) is 2. The summed E-state index contributed by atoms with van der Waals surface area (Å²) in [7, 11) is 0. The highest BCUT2D eigenvalue weighted by Crippen LogP contribution is 2.19. The molecule has 0 aliphatic carbocycles. The van der Waals surface area contributed by atoms with Gasteiger partial charge in [-0.3, -0.25) is 4.79 Å². The molecule has 4 heteroatoms. The maximum atomic E-state index is 11.9. The van der Waals surface area contributed by atoms with Gasteiger partial charge in [0, 0.05) is 3.57 Å². The Hall–Kier alpha value is -1.22. The van der Waals surface area contributed by atoms with E-state index in [1.54, 1.807) is 12.1 Å². The van der Waals surface area contributed by atoms with Gasteiger partial charge in [-0.05, 0) is 47.2 Å². The van der Waals surface area contributed by atoms with Gasteiger partial charge in [0.05, 0.1) is 11.6 Å². The quantitative estimate of drug-likeness (QED) is 0.652. The second-order valence-electron chi connectivity index (χ2n) is 3.64. The van der Waals surface area contributed by atoms with Gasteiger partial charge in [0.15, 0.2) is 0 Å². The number of amides is 1. The van der Waals surface area contributed by atoms with E-state index in [-0.39, 0.29) is 23.3 Å². The number of phenols is 1. The molecule has 0 spiro atoms. The highest BCUT2D eigenvalue weighted by molar-refractivity contribution is 14.1. The van der Waals surface area contributed by atoms with E-state index in [9.17, 15) is 9.90 Å². The van der Waals surface area contributed by atoms with Gasteiger partial charge in [-0.2, -0.15) is 0 Å². The highest BCUT2D eigenvalue weighted by Gasteiger charge is 2.14. The number of carbonyl (C=O) groups excluding carboxylic acids is 1. The number of nitrogens with one attached hydrogen (secondary N) is 1. The maximum absolute atomic E-state index is 11.9. The predicted octanol–water partition coefficient (Wildman–Crippen LogP) is 2.53. The lowest BCUT2D eigenvalue weighted by atomic mass is 10.1. The molecule has 3 nitrogen and oxygen atoms in total. The van der Waals surface area contributed by atoms with Crippen LogP contribution in [0.1, 0.15) is 30.1 Å². The molecule has 1 aromatic carbocycles. The zero-order chi connectivity index (χ0) is 12.8. The van der Waals surface area contributed by atoms with E-state index in [2.05, 4.69) is 33.8 Å². The molecular formula is C13H14INO2. The Morgan fingerprint density at radius 3 is 2.94 bits per heavy atom. The molecule has 90 valence electrons. The van der Waals surface area contributed by atoms with Crippen LogP contribution in [0.5, 0.6) is 5.75 Å². The molecule has 0 fully saturated rings. The van der Waals surface area contributed by atoms with Crippen LogP contribution in [0.25, 0.3) is 0 Å². The molecule has 0 aliphatic heterocycles. The van der Waals surface area contributed by atoms with E-state index >= 15 is 0 Å². The number of carbonyl (C=O) groups is 1. The number of hydrogen-bond donors (Lipinski definition) is 2. The van der Waals surface area contributed by atoms with E-state index in [1.807, 2.05) is 6.92 Å². The van der Waals surface area contributed by atoms with Gasteiger partial charge in [-0.1, -0.05) is 19.3 Å². The lowest BCUT2D eigenvalue weighted by Crippen LogP contribution is -2.33. The van der Waals surface area contributed by atoms with Crippen LogP contribution >= 0.6 is 22.6 Å². The molecule has 1 atom stereocenters. The molecule has 0 aromatic heterocycles. The van der Waals surface area contributed by atoms with Crippen molar-refractivity contribution in [1.29, 1.82) is 0 Å². The average Bonchev–Trinajstić information content (AvgIpc) is 2.31. The Bertz CT molecular complexity index is 451. The minimum absolute atomic E-state index is 0.0322. The van der Waals surface area contributed by atoms with Gasteiger partial charge in [0.2, 0.25) is 0 Å². The molecule has 1 unspecified atom stereocenters. The fourth-order valence-corrected chi connectivity index (χ4v) is 1.90. The number of phenolic OH excluding ortho intramolecular Hbond substituents is 1. The Labute approximate surface area is 115 Å². The SMILES string of the molecule is C#CC(CCC)NC(=O)c1cc(I)ccc1O. The lowest BCUT2D eigenvalue weighted by molar-refractivity contribution is 0.0941. The van der Waals surface area contributed by atoms with Gasteiger partial charge in [0.1, 0.15) is 5.75 Å². The van der Waals surface area contributed by atoms with E-state index in [1.165, 1.54) is 6.07 Å². The Kier molecular flexibility index (Phi) is 5.29. The summed E-state index contributed by atoms with van der Waals surface area (Å²) in [5, 5.41) is 12.3. The van der Waals surface area contributed by atoms with E-state index < -0.39 is 0 Å². The van der Waals surface area contributed by atoms with Crippen molar-refractivity contribution < 1.29 is 9.90 Å². The minimum atomic E-state index is -0.336. The fraction of sp³-hybridized carbons (Fsp3) is 0.308. The Morgan fingerprint density at radius 1 is 1.65 bits per heavy atom. The normalized spacial score (nSPS) is 11.6. The smallest absolute Gasteiger partial charge is 0.256 e. The summed E-state index contributed by atoms with van der Waals surface area (Å²) in [5.41, 5.74) is 0.258. The lowest BCUT2D eigenvalue weighted by Gasteiger charge is -2.12. The molecule has 0 saturated carbocycles. The van der Waals surface area contributed by atoms with Crippen LogP contribution in [0, 0.1) is 15.9 Å². The number of rotatable bonds is 4. The van der Waals surface area contributed by atoms with Crippen molar-refractivity contribution in [2.24, 2.45) is 0 Å². The van der Waals surface area contributed by atoms with Crippen LogP contribution in [0.2, 0.25) is 0 Å². The summed E-state index contributed by atoms with van der Waals surface area (Å²) in [6.45, 7) is 2.00. The molecule has 0 bridgehead atoms. The number of aromatic hydroxyl groups is 1. The third-order valence-electron chi connectivity index (χ3n) is 2.29. The summed E-state index contributed by atoms with van der Waals surface area (Å²) >= 11 is 2.08. The van der Waals surface area contributed by atoms with Gasteiger partial charge in [-0.25, -0.2) is 0 Å². The van der Waals surface area contributed by atoms with Gasteiger partial charge >= 0.3 is 0 Å². The topological polar surface area (TPSA) is 49.3 Å². The van der Waals surface area contributed by atoms with E-state index in [0.717, 1.165) is 16.4 Å². The number of terminal acetylenes is 1. The molecule has 0 saturated heterocycles. The van der Waals surface area contributed by atoms with Crippen LogP contribution in [-0.4, -0.2) is 17.1 Å². The summed E-state index contributed by atoms with van der Waals surface area (Å²) in [5.74, 6) is 2.15. The Balaban J connectivity index is 2.83. The van der Waals surface area contributed by atoms with Crippen LogP contribution < -0.4 is 5.32 Å². The zero-order valence-corrected chi connectivity index (χ0v) is 11.7. The van der Waals surface area contributed by atoms with Crippen molar-refractivity contribution in [3.8, 4) is 18.1 Å². The fourth-order valence-electron chi connectivity index (χ4n) is 1.41. The van der Waals surface area contributed by atoms with Gasteiger partial charge in [-0.15, -0.1) is 6.42 Å². The Morgan fingerprint density at radius 2 is 2.35 bits per heavy atom. The number of halogens is 1. The summed E-state index contributed by atoms with van der Waals surface area (Å²) in [6.07, 6.45) is 6.95. The second-order valence-corrected chi connectivity index (χ2v) is 4.89. The summed E-state index contributed by atoms with van der Waals surface area (Å²) < 4.78 is 0.887. The zero-order valence-electron chi connectivity index (χ0n) is 9.53. The molecule has 17 heavy (non-hydrogen) atoms. The molecule has 0 radical (unpaired) electrons. The first-order chi connectivity index (χ1) is 8.08. The molecular weight excluding hydrogens is 329 g/mol. The molecule has 1 amide bonds. The standard InChI is InChI=1S/C13H14INO2/c1-3-5-10(4-2)15-13(17)11-8-9(14)6-7-12(11)16/h2,6-8,10,16H,3,5H2,1H3,(H,15,17). The van der Waals surface area contributed by atoms with Crippen LogP contribution in [-0.2, 0) is 0 Å². The first kappa shape index (κ1) is 13.8. The van der Waals surface area contributed by atoms with Crippen LogP contribution in [0.4, 0.5) is 0 Å². The summed E-state index contributed by atoms with van der Waals surface area (Å²) in [6, 6.07) is 4.58. The minimum Gasteiger partial charge on any atom is -0.507 e. The van der Waals surface area contributed by atoms with Crippen molar-refractivity contribution in [3.63, 3.8) is 0 Å². The molecule has 0 aliphatic rings. The van der Waals surface area contributed by atoms with Crippen molar-refractivity contribution in [2.45, 2.75) is 25.8 Å². The van der Waals surface area contributed by atoms with Crippen molar-refractivity contribution in [1.82, 2.24) is 5.32 Å². The van der Waals surface area contributed by atoms with Crippen molar-refractivity contribution >= 4 is 28.5 Å². The third kappa shape index (κ3) is 3.93. The average molecular weight is 343 g/mol. The van der Waals surface area contributed by atoms with Crippen molar-refractivity contribution in [2.75, 3.05) is 0 Å². The monoisotopic (exact) mass is 343 g/mol. The second kappa shape index (κ2) is 6.50. The van der Waals surface area contributed by atoms with Gasteiger partial charge < -0.3 is 10.4 Å². The maximum Gasteiger partial charge on any atom is 0.256 e. The summed E-state index contributed by atoms with van der Waals surface area (Å²) in [4.78, 5) is 11.9. The number of benzene rings is 1. The van der Waals surface area contributed by atoms with Gasteiger partial charge in [0.25, 0.3) is 5.91 Å². The molecule has 1 aromatic rings. The van der Waals surface area contributed by atoms with E-state index in [0.29, 0.717) is 0 Å². The third-order valence-corrected chi connectivity index (χ3v) is 2.96. The van der Waals surface area contributed by atoms with Crippen LogP contribution in [0.3, 0.4) is 0 Å². The predicted molar refractivity (Wildman–Crippen MR) is 75.8 cm³/mol. The van der Waals surface area contributed by atoms with E-state index in [4.69, 9.17) is 6.42 Å². The first-order valence-corrected chi connectivity index (χ1v) is 6.41. The highest BCUT2D eigenvalue weighted by atomic mass is 127. The molecule has 2 N–H and O–H groups in total. The first-order valence-electron chi connectivity index (χ1n) is 5.34.